The third kappa shape index (κ3) is 6.32. The fraction of sp³-hybridized carbons (Fsp3) is 0.278. The van der Waals surface area contributed by atoms with Crippen LogP contribution in [0.1, 0.15) is 12.5 Å². The van der Waals surface area contributed by atoms with Gasteiger partial charge in [0.1, 0.15) is 11.6 Å². The summed E-state index contributed by atoms with van der Waals surface area (Å²) in [5, 5.41) is 2.85. The Kier molecular flexibility index (Phi) is 6.94. The van der Waals surface area contributed by atoms with Gasteiger partial charge < -0.3 is 10.1 Å². The van der Waals surface area contributed by atoms with Gasteiger partial charge in [-0.1, -0.05) is 12.1 Å². The summed E-state index contributed by atoms with van der Waals surface area (Å²) < 4.78 is 18.4. The van der Waals surface area contributed by atoms with Gasteiger partial charge in [0, 0.05) is 11.4 Å². The van der Waals surface area contributed by atoms with Gasteiger partial charge in [0.15, 0.2) is 0 Å². The summed E-state index contributed by atoms with van der Waals surface area (Å²) in [5.74, 6) is 0.911. The van der Waals surface area contributed by atoms with Gasteiger partial charge in [0.05, 0.1) is 12.4 Å². The van der Waals surface area contributed by atoms with Gasteiger partial charge in [-0.05, 0) is 55.3 Å². The molecule has 2 aromatic carbocycles. The summed E-state index contributed by atoms with van der Waals surface area (Å²) >= 11 is 1.48. The molecule has 0 aliphatic heterocycles. The summed E-state index contributed by atoms with van der Waals surface area (Å²) in [5.41, 5.74) is 0.879. The Balaban J connectivity index is 1.68. The molecule has 0 aromatic heterocycles. The number of nitrogens with one attached hydrogen (secondary N) is 1. The molecule has 0 aliphatic carbocycles. The number of ether oxygens (including phenoxy) is 1. The van der Waals surface area contributed by atoms with Crippen molar-refractivity contribution >= 4 is 17.7 Å². The van der Waals surface area contributed by atoms with Crippen LogP contribution in [-0.4, -0.2) is 24.8 Å². The fourth-order valence-corrected chi connectivity index (χ4v) is 2.77. The van der Waals surface area contributed by atoms with Crippen molar-refractivity contribution in [2.45, 2.75) is 18.2 Å². The molecule has 5 heteroatoms. The van der Waals surface area contributed by atoms with Gasteiger partial charge in [-0.3, -0.25) is 4.79 Å². The Morgan fingerprint density at radius 3 is 2.70 bits per heavy atom. The number of thioether (sulfide) groups is 1. The smallest absolute Gasteiger partial charge is 0.230 e. The lowest BCUT2D eigenvalue weighted by atomic mass is 10.1. The Labute approximate surface area is 140 Å². The van der Waals surface area contributed by atoms with Crippen LogP contribution in [0.3, 0.4) is 0 Å². The number of hydrogen-bond acceptors (Lipinski definition) is 3. The van der Waals surface area contributed by atoms with Crippen LogP contribution in [0.4, 0.5) is 4.39 Å². The van der Waals surface area contributed by atoms with Crippen molar-refractivity contribution in [2.24, 2.45) is 0 Å². The Hall–Kier alpha value is -2.01. The number of carbonyl (C=O) groups excluding carboxylic acids is 1. The van der Waals surface area contributed by atoms with E-state index in [0.29, 0.717) is 25.3 Å². The van der Waals surface area contributed by atoms with E-state index in [1.165, 1.54) is 23.9 Å². The van der Waals surface area contributed by atoms with Gasteiger partial charge in [-0.25, -0.2) is 4.39 Å². The highest BCUT2D eigenvalue weighted by Gasteiger charge is 2.03. The largest absolute Gasteiger partial charge is 0.494 e. The van der Waals surface area contributed by atoms with Gasteiger partial charge in [-0.15, -0.1) is 11.8 Å². The normalized spacial score (nSPS) is 10.3. The molecule has 1 amide bonds. The summed E-state index contributed by atoms with van der Waals surface area (Å²) in [6.45, 7) is 3.09. The predicted octanol–water partition coefficient (Wildman–Crippen LogP) is 3.68. The maximum Gasteiger partial charge on any atom is 0.230 e. The average Bonchev–Trinajstić information content (AvgIpc) is 2.55. The number of halogens is 1. The first-order valence-corrected chi connectivity index (χ1v) is 8.52. The lowest BCUT2D eigenvalue weighted by Crippen LogP contribution is -2.27. The third-order valence-electron chi connectivity index (χ3n) is 3.13. The second kappa shape index (κ2) is 9.20. The molecule has 2 aromatic rings. The van der Waals surface area contributed by atoms with Crippen molar-refractivity contribution in [2.75, 3.05) is 18.9 Å². The third-order valence-corrected chi connectivity index (χ3v) is 4.14. The highest BCUT2D eigenvalue weighted by Crippen LogP contribution is 2.21. The van der Waals surface area contributed by atoms with Crippen molar-refractivity contribution in [1.82, 2.24) is 5.32 Å². The van der Waals surface area contributed by atoms with Crippen LogP contribution >= 0.6 is 11.8 Å². The zero-order valence-electron chi connectivity index (χ0n) is 13.0. The summed E-state index contributed by atoms with van der Waals surface area (Å²) in [4.78, 5) is 12.8. The molecule has 0 heterocycles. The van der Waals surface area contributed by atoms with E-state index in [1.807, 2.05) is 37.3 Å². The fourth-order valence-electron chi connectivity index (χ4n) is 2.04. The molecule has 0 atom stereocenters. The van der Waals surface area contributed by atoms with Crippen molar-refractivity contribution < 1.29 is 13.9 Å². The van der Waals surface area contributed by atoms with Gasteiger partial charge in [-0.2, -0.15) is 0 Å². The van der Waals surface area contributed by atoms with Crippen molar-refractivity contribution in [3.8, 4) is 5.75 Å². The SMILES string of the molecule is CCOc1ccc(SCC(=O)NCCc2cccc(F)c2)cc1. The van der Waals surface area contributed by atoms with E-state index in [2.05, 4.69) is 5.32 Å². The van der Waals surface area contributed by atoms with Gasteiger partial charge in [0.2, 0.25) is 5.91 Å². The lowest BCUT2D eigenvalue weighted by molar-refractivity contribution is -0.118. The quantitative estimate of drug-likeness (QED) is 0.749. The highest BCUT2D eigenvalue weighted by atomic mass is 32.2. The molecule has 0 spiro atoms. The minimum absolute atomic E-state index is 0.0275. The molecular weight excluding hydrogens is 313 g/mol. The Morgan fingerprint density at radius 2 is 2.00 bits per heavy atom. The minimum Gasteiger partial charge on any atom is -0.494 e. The maximum atomic E-state index is 13.0. The van der Waals surface area contributed by atoms with Crippen molar-refractivity contribution in [1.29, 1.82) is 0 Å². The molecule has 0 radical (unpaired) electrons. The second-order valence-electron chi connectivity index (χ2n) is 4.92. The number of rotatable bonds is 8. The van der Waals surface area contributed by atoms with E-state index >= 15 is 0 Å². The first-order chi connectivity index (χ1) is 11.2. The van der Waals surface area contributed by atoms with Crippen LogP contribution in [0.2, 0.25) is 0 Å². The number of hydrogen-bond donors (Lipinski definition) is 1. The zero-order valence-corrected chi connectivity index (χ0v) is 13.9. The van der Waals surface area contributed by atoms with Crippen LogP contribution < -0.4 is 10.1 Å². The summed E-state index contributed by atoms with van der Waals surface area (Å²) in [6.07, 6.45) is 0.622. The summed E-state index contributed by atoms with van der Waals surface area (Å²) in [6, 6.07) is 14.1. The van der Waals surface area contributed by atoms with Gasteiger partial charge >= 0.3 is 0 Å². The lowest BCUT2D eigenvalue weighted by Gasteiger charge is -2.06. The molecule has 0 bridgehead atoms. The number of carbonyl (C=O) groups is 1. The van der Waals surface area contributed by atoms with Crippen LogP contribution in [0.25, 0.3) is 0 Å². The van der Waals surface area contributed by atoms with Crippen LogP contribution in [0.15, 0.2) is 53.4 Å². The van der Waals surface area contributed by atoms with E-state index in [0.717, 1.165) is 16.2 Å². The number of benzene rings is 2. The molecule has 0 aliphatic rings. The molecule has 122 valence electrons. The van der Waals surface area contributed by atoms with Crippen LogP contribution in [0.5, 0.6) is 5.75 Å². The maximum absolute atomic E-state index is 13.0. The van der Waals surface area contributed by atoms with E-state index in [1.54, 1.807) is 6.07 Å². The first-order valence-electron chi connectivity index (χ1n) is 7.54. The van der Waals surface area contributed by atoms with Crippen LogP contribution in [-0.2, 0) is 11.2 Å². The molecular formula is C18H20FNO2S. The van der Waals surface area contributed by atoms with E-state index in [9.17, 15) is 9.18 Å². The highest BCUT2D eigenvalue weighted by molar-refractivity contribution is 8.00. The standard InChI is InChI=1S/C18H20FNO2S/c1-2-22-16-6-8-17(9-7-16)23-13-18(21)20-11-10-14-4-3-5-15(19)12-14/h3-9,12H,2,10-11,13H2,1H3,(H,20,21). The monoisotopic (exact) mass is 333 g/mol. The molecule has 3 nitrogen and oxygen atoms in total. The molecule has 0 fully saturated rings. The van der Waals surface area contributed by atoms with E-state index in [4.69, 9.17) is 4.74 Å². The van der Waals surface area contributed by atoms with E-state index < -0.39 is 0 Å². The van der Waals surface area contributed by atoms with Crippen LogP contribution in [0, 0.1) is 5.82 Å². The molecule has 0 saturated carbocycles. The molecule has 23 heavy (non-hydrogen) atoms. The molecule has 2 rings (SSSR count). The van der Waals surface area contributed by atoms with Gasteiger partial charge in [0.25, 0.3) is 0 Å². The average molecular weight is 333 g/mol. The number of amides is 1. The second-order valence-corrected chi connectivity index (χ2v) is 5.97. The molecule has 0 saturated heterocycles. The van der Waals surface area contributed by atoms with E-state index in [-0.39, 0.29) is 11.7 Å². The molecule has 1 N–H and O–H groups in total. The minimum atomic E-state index is -0.250. The summed E-state index contributed by atoms with van der Waals surface area (Å²) in [7, 11) is 0. The van der Waals surface area contributed by atoms with Crippen molar-refractivity contribution in [3.63, 3.8) is 0 Å². The molecule has 0 unspecified atom stereocenters. The van der Waals surface area contributed by atoms with Crippen molar-refractivity contribution in [3.05, 3.63) is 59.9 Å². The first kappa shape index (κ1) is 17.3. The Morgan fingerprint density at radius 1 is 1.22 bits per heavy atom. The Bertz CT molecular complexity index is 631. The predicted molar refractivity (Wildman–Crippen MR) is 91.4 cm³/mol. The topological polar surface area (TPSA) is 38.3 Å². The zero-order chi connectivity index (χ0) is 16.5.